The Kier molecular flexibility index (Phi) is 10.0. The SMILES string of the molecule is CC1(C)C(C2=CCC(COc3cc(C(N)=O)ccn3)CC2)=CCC2(C)C1CCC1(C)C3CCC4(NCCN5CCSCC5)CCC[C@@H]4C3CCC12. The van der Waals surface area contributed by atoms with E-state index in [1.807, 2.05) is 0 Å². The Labute approximate surface area is 313 Å². The Hall–Kier alpha value is -1.83. The molecule has 6 aliphatic carbocycles. The van der Waals surface area contributed by atoms with E-state index in [9.17, 15) is 4.79 Å². The maximum Gasteiger partial charge on any atom is 0.248 e. The topological polar surface area (TPSA) is 80.5 Å². The average Bonchev–Trinajstić information content (AvgIpc) is 3.56. The minimum Gasteiger partial charge on any atom is -0.477 e. The minimum atomic E-state index is -0.447. The molecule has 0 spiro atoms. The molecule has 0 radical (unpaired) electrons. The van der Waals surface area contributed by atoms with Crippen LogP contribution in [0.1, 0.15) is 122 Å². The van der Waals surface area contributed by atoms with Gasteiger partial charge in [-0.05, 0) is 146 Å². The first-order valence-corrected chi connectivity index (χ1v) is 22.0. The third-order valence-electron chi connectivity index (χ3n) is 16.5. The third-order valence-corrected chi connectivity index (χ3v) is 17.4. The van der Waals surface area contributed by atoms with Gasteiger partial charge in [0, 0.05) is 61.1 Å². The van der Waals surface area contributed by atoms with E-state index in [0.717, 1.165) is 48.9 Å². The second kappa shape index (κ2) is 14.1. The number of carbonyl (C=O) groups is 1. The number of thioether (sulfide) groups is 1. The smallest absolute Gasteiger partial charge is 0.248 e. The molecule has 1 aromatic rings. The fourth-order valence-electron chi connectivity index (χ4n) is 14.1. The van der Waals surface area contributed by atoms with E-state index >= 15 is 0 Å². The van der Waals surface area contributed by atoms with Gasteiger partial charge in [-0.15, -0.1) is 0 Å². The number of rotatable bonds is 9. The van der Waals surface area contributed by atoms with Crippen LogP contribution < -0.4 is 15.8 Å². The fraction of sp³-hybridized carbons (Fsp3) is 0.773. The number of ether oxygens (including phenoxy) is 1. The van der Waals surface area contributed by atoms with Gasteiger partial charge in [-0.25, -0.2) is 4.98 Å². The number of pyridine rings is 1. The molecule has 4 saturated carbocycles. The van der Waals surface area contributed by atoms with Crippen molar-refractivity contribution in [3.8, 4) is 5.88 Å². The molecule has 2 heterocycles. The standard InChI is InChI=1S/C44H66N4O2S/c1-41(2)34(31-9-7-30(8-10-31)29-50-39-28-32(40(45)49)16-21-46-39)13-18-43(4)37(41)15-19-42(3)35-14-20-44(47-22-23-48-24-26-51-27-25-48)17-5-6-36(44)33(35)11-12-38(42)43/h9,13,16,21,28,30,33,35-38,47H,5-8,10-12,14-15,17-20,22-27,29H2,1-4H3,(H2,45,49)/t30?,33?,35?,36-,37?,38?,42?,43?,44?/m1/s1. The van der Waals surface area contributed by atoms with Gasteiger partial charge in [0.25, 0.3) is 0 Å². The summed E-state index contributed by atoms with van der Waals surface area (Å²) in [6.45, 7) is 16.4. The van der Waals surface area contributed by atoms with Crippen molar-refractivity contribution >= 4 is 17.7 Å². The summed E-state index contributed by atoms with van der Waals surface area (Å²) in [5.41, 5.74) is 10.6. The van der Waals surface area contributed by atoms with Gasteiger partial charge < -0.3 is 20.7 Å². The lowest BCUT2D eigenvalue weighted by Gasteiger charge is -2.68. The molecule has 1 amide bonds. The molecule has 3 N–H and O–H groups in total. The maximum atomic E-state index is 11.6. The monoisotopic (exact) mass is 714 g/mol. The number of carbonyl (C=O) groups excluding carboxylic acids is 1. The predicted molar refractivity (Wildman–Crippen MR) is 210 cm³/mol. The lowest BCUT2D eigenvalue weighted by Crippen LogP contribution is -2.64. The van der Waals surface area contributed by atoms with Gasteiger partial charge in [-0.3, -0.25) is 4.79 Å². The van der Waals surface area contributed by atoms with Crippen molar-refractivity contribution in [1.82, 2.24) is 15.2 Å². The number of allylic oxidation sites excluding steroid dienone is 4. The number of nitrogens with one attached hydrogen (secondary N) is 1. The van der Waals surface area contributed by atoms with Crippen LogP contribution in [0, 0.1) is 51.8 Å². The van der Waals surface area contributed by atoms with Gasteiger partial charge in [0.2, 0.25) is 11.8 Å². The highest BCUT2D eigenvalue weighted by molar-refractivity contribution is 7.99. The highest BCUT2D eigenvalue weighted by Crippen LogP contribution is 2.72. The molecule has 280 valence electrons. The molecule has 1 aliphatic heterocycles. The summed E-state index contributed by atoms with van der Waals surface area (Å²) in [6.07, 6.45) is 24.4. The molecule has 5 fully saturated rings. The molecule has 0 aromatic carbocycles. The summed E-state index contributed by atoms with van der Waals surface area (Å²) in [6, 6.07) is 3.29. The number of aromatic nitrogens is 1. The second-order valence-electron chi connectivity index (χ2n) is 19.0. The minimum absolute atomic E-state index is 0.198. The van der Waals surface area contributed by atoms with Crippen molar-refractivity contribution in [3.05, 3.63) is 47.2 Å². The van der Waals surface area contributed by atoms with Crippen molar-refractivity contribution < 1.29 is 9.53 Å². The summed E-state index contributed by atoms with van der Waals surface area (Å²) in [5.74, 6) is 7.46. The van der Waals surface area contributed by atoms with E-state index in [0.29, 0.717) is 40.3 Å². The molecule has 8 unspecified atom stereocenters. The molecule has 9 atom stereocenters. The van der Waals surface area contributed by atoms with Crippen LogP contribution in [0.5, 0.6) is 5.88 Å². The van der Waals surface area contributed by atoms with Gasteiger partial charge in [-0.2, -0.15) is 11.8 Å². The molecule has 1 aromatic heterocycles. The van der Waals surface area contributed by atoms with Gasteiger partial charge in [0.05, 0.1) is 6.61 Å². The zero-order chi connectivity index (χ0) is 35.4. The van der Waals surface area contributed by atoms with Crippen LogP contribution in [-0.4, -0.2) is 65.6 Å². The van der Waals surface area contributed by atoms with E-state index in [1.54, 1.807) is 29.5 Å². The molecule has 7 aliphatic rings. The van der Waals surface area contributed by atoms with Crippen molar-refractivity contribution in [2.75, 3.05) is 44.3 Å². The number of nitrogens with zero attached hydrogens (tertiary/aromatic N) is 2. The second-order valence-corrected chi connectivity index (χ2v) is 20.3. The molecule has 6 nitrogen and oxygen atoms in total. The molecule has 7 heteroatoms. The average molecular weight is 715 g/mol. The van der Waals surface area contributed by atoms with Gasteiger partial charge in [-0.1, -0.05) is 46.3 Å². The number of amides is 1. The lowest BCUT2D eigenvalue weighted by atomic mass is 9.37. The fourth-order valence-corrected chi connectivity index (χ4v) is 15.1. The molecule has 0 bridgehead atoms. The van der Waals surface area contributed by atoms with Crippen molar-refractivity contribution in [3.63, 3.8) is 0 Å². The zero-order valence-electron chi connectivity index (χ0n) is 32.2. The first-order chi connectivity index (χ1) is 24.5. The summed E-state index contributed by atoms with van der Waals surface area (Å²) >= 11 is 2.13. The summed E-state index contributed by atoms with van der Waals surface area (Å²) < 4.78 is 6.04. The summed E-state index contributed by atoms with van der Waals surface area (Å²) in [4.78, 5) is 18.6. The quantitative estimate of drug-likeness (QED) is 0.267. The Morgan fingerprint density at radius 2 is 1.82 bits per heavy atom. The normalized spacial score (nSPS) is 40.5. The van der Waals surface area contributed by atoms with E-state index in [-0.39, 0.29) is 5.41 Å². The molecule has 8 rings (SSSR count). The van der Waals surface area contributed by atoms with Crippen molar-refractivity contribution in [1.29, 1.82) is 0 Å². The van der Waals surface area contributed by atoms with Crippen LogP contribution in [0.3, 0.4) is 0 Å². The first-order valence-electron chi connectivity index (χ1n) is 20.9. The van der Waals surface area contributed by atoms with Gasteiger partial charge in [0.1, 0.15) is 0 Å². The Balaban J connectivity index is 0.930. The summed E-state index contributed by atoms with van der Waals surface area (Å²) in [7, 11) is 0. The molecule has 1 saturated heterocycles. The van der Waals surface area contributed by atoms with E-state index in [2.05, 4.69) is 66.8 Å². The van der Waals surface area contributed by atoms with Crippen LogP contribution in [0.2, 0.25) is 0 Å². The highest BCUT2D eigenvalue weighted by Gasteiger charge is 2.65. The van der Waals surface area contributed by atoms with Crippen LogP contribution in [0.4, 0.5) is 0 Å². The number of hydrogen-bond donors (Lipinski definition) is 2. The van der Waals surface area contributed by atoms with E-state index in [4.69, 9.17) is 10.5 Å². The Bertz CT molecular complexity index is 1520. The van der Waals surface area contributed by atoms with Crippen LogP contribution in [-0.2, 0) is 0 Å². The van der Waals surface area contributed by atoms with Crippen molar-refractivity contribution in [2.24, 2.45) is 57.5 Å². The van der Waals surface area contributed by atoms with Crippen LogP contribution in [0.15, 0.2) is 41.6 Å². The lowest BCUT2D eigenvalue weighted by molar-refractivity contribution is -0.175. The molecular weight excluding hydrogens is 649 g/mol. The van der Waals surface area contributed by atoms with Crippen LogP contribution in [0.25, 0.3) is 0 Å². The van der Waals surface area contributed by atoms with Crippen molar-refractivity contribution in [2.45, 2.75) is 117 Å². The van der Waals surface area contributed by atoms with Gasteiger partial charge >= 0.3 is 0 Å². The Morgan fingerprint density at radius 1 is 0.980 bits per heavy atom. The van der Waals surface area contributed by atoms with E-state index in [1.165, 1.54) is 102 Å². The molecular formula is C44H66N4O2S. The number of fused-ring (bicyclic) bond motifs is 7. The largest absolute Gasteiger partial charge is 0.477 e. The number of hydrogen-bond acceptors (Lipinski definition) is 6. The van der Waals surface area contributed by atoms with Gasteiger partial charge in [0.15, 0.2) is 0 Å². The third kappa shape index (κ3) is 6.45. The zero-order valence-corrected chi connectivity index (χ0v) is 33.0. The van der Waals surface area contributed by atoms with Crippen LogP contribution >= 0.6 is 11.8 Å². The highest BCUT2D eigenvalue weighted by atomic mass is 32.2. The summed E-state index contributed by atoms with van der Waals surface area (Å²) in [5, 5.41) is 4.30. The number of primary amides is 1. The van der Waals surface area contributed by atoms with E-state index < -0.39 is 5.91 Å². The predicted octanol–water partition coefficient (Wildman–Crippen LogP) is 8.68. The first kappa shape index (κ1) is 36.2. The molecule has 51 heavy (non-hydrogen) atoms. The Morgan fingerprint density at radius 3 is 2.61 bits per heavy atom. The maximum absolute atomic E-state index is 11.6. The number of nitrogens with two attached hydrogens (primary N) is 1.